The third kappa shape index (κ3) is 4.70. The SMILES string of the molecule is CC(C)CC1CCCC(Nc2ccc([N+](=O)[O-])cc2Br)C1. The zero-order valence-corrected chi connectivity index (χ0v) is 14.2. The Morgan fingerprint density at radius 3 is 2.81 bits per heavy atom. The molecular weight excluding hydrogens is 332 g/mol. The van der Waals surface area contributed by atoms with E-state index in [1.54, 1.807) is 18.2 Å². The Balaban J connectivity index is 1.99. The highest BCUT2D eigenvalue weighted by Gasteiger charge is 2.23. The quantitative estimate of drug-likeness (QED) is 0.570. The van der Waals surface area contributed by atoms with Crippen molar-refractivity contribution in [2.24, 2.45) is 11.8 Å². The Bertz CT molecular complexity index is 505. The summed E-state index contributed by atoms with van der Waals surface area (Å²) >= 11 is 3.43. The number of hydrogen-bond donors (Lipinski definition) is 1. The van der Waals surface area contributed by atoms with Crippen molar-refractivity contribution in [3.05, 3.63) is 32.8 Å². The molecule has 2 rings (SSSR count). The Morgan fingerprint density at radius 2 is 2.19 bits per heavy atom. The van der Waals surface area contributed by atoms with Crippen LogP contribution in [0.3, 0.4) is 0 Å². The molecule has 0 heterocycles. The summed E-state index contributed by atoms with van der Waals surface area (Å²) in [5.74, 6) is 1.55. The van der Waals surface area contributed by atoms with E-state index >= 15 is 0 Å². The molecule has 0 aliphatic heterocycles. The number of nitrogens with zero attached hydrogens (tertiary/aromatic N) is 1. The fraction of sp³-hybridized carbons (Fsp3) is 0.625. The minimum Gasteiger partial charge on any atom is -0.381 e. The van der Waals surface area contributed by atoms with Gasteiger partial charge in [-0.05, 0) is 53.1 Å². The summed E-state index contributed by atoms with van der Waals surface area (Å²) in [6.07, 6.45) is 6.26. The highest BCUT2D eigenvalue weighted by atomic mass is 79.9. The topological polar surface area (TPSA) is 55.2 Å². The summed E-state index contributed by atoms with van der Waals surface area (Å²) in [6.45, 7) is 4.56. The molecule has 0 radical (unpaired) electrons. The lowest BCUT2D eigenvalue weighted by molar-refractivity contribution is -0.384. The van der Waals surface area contributed by atoms with Gasteiger partial charge in [0.05, 0.1) is 4.92 Å². The van der Waals surface area contributed by atoms with Gasteiger partial charge in [-0.3, -0.25) is 10.1 Å². The molecule has 2 atom stereocenters. The van der Waals surface area contributed by atoms with Crippen molar-refractivity contribution < 1.29 is 4.92 Å². The van der Waals surface area contributed by atoms with E-state index in [9.17, 15) is 10.1 Å². The monoisotopic (exact) mass is 354 g/mol. The van der Waals surface area contributed by atoms with Crippen molar-refractivity contribution in [1.82, 2.24) is 0 Å². The third-order valence-electron chi connectivity index (χ3n) is 4.11. The molecule has 1 aromatic carbocycles. The van der Waals surface area contributed by atoms with Crippen LogP contribution in [0.25, 0.3) is 0 Å². The second-order valence-corrected chi connectivity index (χ2v) is 7.28. The van der Waals surface area contributed by atoms with E-state index in [-0.39, 0.29) is 10.6 Å². The van der Waals surface area contributed by atoms with Crippen molar-refractivity contribution in [2.75, 3.05) is 5.32 Å². The van der Waals surface area contributed by atoms with Gasteiger partial charge in [-0.1, -0.05) is 26.7 Å². The van der Waals surface area contributed by atoms with Gasteiger partial charge >= 0.3 is 0 Å². The van der Waals surface area contributed by atoms with Gasteiger partial charge in [0.15, 0.2) is 0 Å². The van der Waals surface area contributed by atoms with Crippen molar-refractivity contribution in [3.63, 3.8) is 0 Å². The van der Waals surface area contributed by atoms with Gasteiger partial charge in [0.1, 0.15) is 0 Å². The zero-order valence-electron chi connectivity index (χ0n) is 12.6. The zero-order chi connectivity index (χ0) is 15.4. The minimum atomic E-state index is -0.367. The van der Waals surface area contributed by atoms with Crippen LogP contribution in [-0.4, -0.2) is 11.0 Å². The maximum Gasteiger partial charge on any atom is 0.270 e. The predicted octanol–water partition coefficient (Wildman–Crippen LogP) is 5.37. The Hall–Kier alpha value is -1.10. The van der Waals surface area contributed by atoms with Crippen molar-refractivity contribution in [2.45, 2.75) is 52.0 Å². The fourth-order valence-corrected chi connectivity index (χ4v) is 3.74. The van der Waals surface area contributed by atoms with E-state index < -0.39 is 0 Å². The second-order valence-electron chi connectivity index (χ2n) is 6.42. The van der Waals surface area contributed by atoms with Crippen LogP contribution in [0.4, 0.5) is 11.4 Å². The summed E-state index contributed by atoms with van der Waals surface area (Å²) in [5.41, 5.74) is 1.07. The Labute approximate surface area is 134 Å². The molecule has 0 saturated heterocycles. The molecule has 2 unspecified atom stereocenters. The van der Waals surface area contributed by atoms with Gasteiger partial charge in [-0.15, -0.1) is 0 Å². The third-order valence-corrected chi connectivity index (χ3v) is 4.77. The first-order valence-electron chi connectivity index (χ1n) is 7.66. The van der Waals surface area contributed by atoms with E-state index in [0.717, 1.165) is 22.0 Å². The van der Waals surface area contributed by atoms with Crippen LogP contribution < -0.4 is 5.32 Å². The fourth-order valence-electron chi connectivity index (χ4n) is 3.26. The van der Waals surface area contributed by atoms with Crippen LogP contribution in [0.15, 0.2) is 22.7 Å². The van der Waals surface area contributed by atoms with Crippen molar-refractivity contribution in [3.8, 4) is 0 Å². The molecule has 0 spiro atoms. The number of hydrogen-bond acceptors (Lipinski definition) is 3. The molecule has 1 aromatic rings. The van der Waals surface area contributed by atoms with E-state index in [1.807, 2.05) is 0 Å². The second kappa shape index (κ2) is 7.25. The molecule has 1 aliphatic rings. The van der Waals surface area contributed by atoms with Crippen molar-refractivity contribution >= 4 is 27.3 Å². The molecule has 1 aliphatic carbocycles. The summed E-state index contributed by atoms with van der Waals surface area (Å²) in [5, 5.41) is 14.3. The van der Waals surface area contributed by atoms with Crippen LogP contribution in [0, 0.1) is 22.0 Å². The highest BCUT2D eigenvalue weighted by Crippen LogP contribution is 2.33. The van der Waals surface area contributed by atoms with Crippen LogP contribution in [0.1, 0.15) is 46.0 Å². The lowest BCUT2D eigenvalue weighted by Gasteiger charge is -2.31. The van der Waals surface area contributed by atoms with E-state index in [4.69, 9.17) is 0 Å². The molecule has 0 bridgehead atoms. The van der Waals surface area contributed by atoms with Crippen LogP contribution in [0.5, 0.6) is 0 Å². The molecule has 5 heteroatoms. The Kier molecular flexibility index (Phi) is 5.62. The number of nitro benzene ring substituents is 1. The average molecular weight is 355 g/mol. The summed E-state index contributed by atoms with van der Waals surface area (Å²) in [4.78, 5) is 10.4. The van der Waals surface area contributed by atoms with Gasteiger partial charge in [0.25, 0.3) is 5.69 Å². The minimum absolute atomic E-state index is 0.119. The number of rotatable bonds is 5. The standard InChI is InChI=1S/C16H23BrN2O2/c1-11(2)8-12-4-3-5-13(9-12)18-16-7-6-14(19(20)21)10-15(16)17/h6-7,10-13,18H,3-5,8-9H2,1-2H3. The molecule has 0 amide bonds. The molecule has 1 fully saturated rings. The molecule has 0 aromatic heterocycles. The first-order chi connectivity index (χ1) is 9.95. The lowest BCUT2D eigenvalue weighted by atomic mass is 9.81. The van der Waals surface area contributed by atoms with Gasteiger partial charge in [0, 0.05) is 28.3 Å². The van der Waals surface area contributed by atoms with Gasteiger partial charge in [0.2, 0.25) is 0 Å². The first-order valence-corrected chi connectivity index (χ1v) is 8.45. The van der Waals surface area contributed by atoms with E-state index in [2.05, 4.69) is 35.1 Å². The van der Waals surface area contributed by atoms with Crippen LogP contribution in [0.2, 0.25) is 0 Å². The number of nitrogens with one attached hydrogen (secondary N) is 1. The molecule has 1 saturated carbocycles. The van der Waals surface area contributed by atoms with E-state index in [1.165, 1.54) is 32.1 Å². The number of benzene rings is 1. The van der Waals surface area contributed by atoms with Gasteiger partial charge in [-0.25, -0.2) is 0 Å². The number of anilines is 1. The normalized spacial score (nSPS) is 22.3. The lowest BCUT2D eigenvalue weighted by Crippen LogP contribution is -2.28. The highest BCUT2D eigenvalue weighted by molar-refractivity contribution is 9.10. The molecule has 4 nitrogen and oxygen atoms in total. The van der Waals surface area contributed by atoms with E-state index in [0.29, 0.717) is 6.04 Å². The summed E-state index contributed by atoms with van der Waals surface area (Å²) in [6, 6.07) is 5.40. The largest absolute Gasteiger partial charge is 0.381 e. The molecule has 1 N–H and O–H groups in total. The van der Waals surface area contributed by atoms with Gasteiger partial charge < -0.3 is 5.32 Å². The maximum atomic E-state index is 10.8. The van der Waals surface area contributed by atoms with Crippen LogP contribution >= 0.6 is 15.9 Å². The molecule has 21 heavy (non-hydrogen) atoms. The molecular formula is C16H23BrN2O2. The number of nitro groups is 1. The molecule has 116 valence electrons. The predicted molar refractivity (Wildman–Crippen MR) is 89.6 cm³/mol. The first kappa shape index (κ1) is 16.3. The van der Waals surface area contributed by atoms with Crippen molar-refractivity contribution in [1.29, 1.82) is 0 Å². The van der Waals surface area contributed by atoms with Gasteiger partial charge in [-0.2, -0.15) is 0 Å². The summed E-state index contributed by atoms with van der Waals surface area (Å²) in [7, 11) is 0. The smallest absolute Gasteiger partial charge is 0.270 e. The Morgan fingerprint density at radius 1 is 1.43 bits per heavy atom. The summed E-state index contributed by atoms with van der Waals surface area (Å²) < 4.78 is 0.766. The number of non-ortho nitro benzene ring substituents is 1. The van der Waals surface area contributed by atoms with Crippen LogP contribution in [-0.2, 0) is 0 Å². The maximum absolute atomic E-state index is 10.8. The average Bonchev–Trinajstić information content (AvgIpc) is 2.40. The number of halogens is 1.